The number of amides is 1. The van der Waals surface area contributed by atoms with Crippen LogP contribution in [0.5, 0.6) is 5.75 Å². The van der Waals surface area contributed by atoms with Gasteiger partial charge in [-0.2, -0.15) is 0 Å². The molecule has 0 aliphatic heterocycles. The number of aromatic nitrogens is 1. The van der Waals surface area contributed by atoms with Crippen molar-refractivity contribution >= 4 is 5.91 Å². The van der Waals surface area contributed by atoms with E-state index in [0.29, 0.717) is 0 Å². The van der Waals surface area contributed by atoms with Crippen molar-refractivity contribution in [3.63, 3.8) is 0 Å². The normalized spacial score (nSPS) is 10.4. The van der Waals surface area contributed by atoms with Gasteiger partial charge in [-0.15, -0.1) is 0 Å². The number of carbonyl (C=O) groups is 1. The van der Waals surface area contributed by atoms with Crippen LogP contribution in [0.4, 0.5) is 8.78 Å². The molecule has 0 atom stereocenters. The van der Waals surface area contributed by atoms with E-state index in [1.54, 1.807) is 0 Å². The first-order valence-electron chi connectivity index (χ1n) is 3.29. The minimum absolute atomic E-state index is 0.356. The number of aromatic hydroxyl groups is 1. The summed E-state index contributed by atoms with van der Waals surface area (Å²) in [7, 11) is 0. The number of nitrogens with zero attached hydrogens (tertiary/aromatic N) is 1. The zero-order valence-corrected chi connectivity index (χ0v) is 6.37. The Labute approximate surface area is 72.0 Å². The fourth-order valence-electron chi connectivity index (χ4n) is 0.781. The fraction of sp³-hybridized carbons (Fsp3) is 0.143. The van der Waals surface area contributed by atoms with Crippen LogP contribution in [0, 0.1) is 0 Å². The molecule has 0 aliphatic carbocycles. The van der Waals surface area contributed by atoms with Gasteiger partial charge in [0, 0.05) is 0 Å². The van der Waals surface area contributed by atoms with Crippen LogP contribution in [0.15, 0.2) is 12.3 Å². The first kappa shape index (κ1) is 9.37. The molecule has 0 saturated heterocycles. The van der Waals surface area contributed by atoms with Gasteiger partial charge in [0.2, 0.25) is 0 Å². The van der Waals surface area contributed by atoms with Crippen molar-refractivity contribution in [3.05, 3.63) is 23.5 Å². The molecule has 0 aromatic carbocycles. The molecule has 1 amide bonds. The summed E-state index contributed by atoms with van der Waals surface area (Å²) < 4.78 is 24.1. The van der Waals surface area contributed by atoms with Crippen LogP contribution in [-0.4, -0.2) is 16.0 Å². The number of hydrogen-bond donors (Lipinski definition) is 2. The summed E-state index contributed by atoms with van der Waals surface area (Å²) in [5.41, 5.74) is 3.86. The lowest BCUT2D eigenvalue weighted by molar-refractivity contribution is 0.0996. The standard InChI is InChI=1S/C7H6F2N2O2/c8-6(9)4-1-3(7(10)13)5(12)2-11-4/h1-2,6,12H,(H2,10,13). The van der Waals surface area contributed by atoms with E-state index in [4.69, 9.17) is 10.8 Å². The molecule has 13 heavy (non-hydrogen) atoms. The number of halogens is 2. The van der Waals surface area contributed by atoms with Crippen LogP contribution >= 0.6 is 0 Å². The first-order chi connectivity index (χ1) is 6.02. The highest BCUT2D eigenvalue weighted by atomic mass is 19.3. The molecule has 0 unspecified atom stereocenters. The molecular weight excluding hydrogens is 182 g/mol. The number of carbonyl (C=O) groups excluding carboxylic acids is 1. The van der Waals surface area contributed by atoms with Gasteiger partial charge in [-0.25, -0.2) is 8.78 Å². The summed E-state index contributed by atoms with van der Waals surface area (Å²) in [5.74, 6) is -1.47. The molecule has 6 heteroatoms. The maximum absolute atomic E-state index is 12.0. The molecule has 0 spiro atoms. The average Bonchev–Trinajstić information content (AvgIpc) is 2.04. The predicted molar refractivity (Wildman–Crippen MR) is 39.4 cm³/mol. The maximum atomic E-state index is 12.0. The summed E-state index contributed by atoms with van der Waals surface area (Å²) in [6.45, 7) is 0. The Hall–Kier alpha value is -1.72. The van der Waals surface area contributed by atoms with Gasteiger partial charge in [0.05, 0.1) is 11.8 Å². The third kappa shape index (κ3) is 1.90. The number of hydrogen-bond acceptors (Lipinski definition) is 3. The molecule has 70 valence electrons. The zero-order chi connectivity index (χ0) is 10.0. The molecule has 1 rings (SSSR count). The number of rotatable bonds is 2. The highest BCUT2D eigenvalue weighted by molar-refractivity contribution is 5.95. The van der Waals surface area contributed by atoms with E-state index < -0.39 is 23.8 Å². The Morgan fingerprint density at radius 3 is 2.69 bits per heavy atom. The quantitative estimate of drug-likeness (QED) is 0.721. The number of nitrogens with two attached hydrogens (primary N) is 1. The third-order valence-corrected chi connectivity index (χ3v) is 1.39. The Morgan fingerprint density at radius 1 is 1.62 bits per heavy atom. The molecule has 1 aromatic heterocycles. The zero-order valence-electron chi connectivity index (χ0n) is 6.37. The molecular formula is C7H6F2N2O2. The number of alkyl halides is 2. The summed E-state index contributed by atoms with van der Waals surface area (Å²) in [6, 6.07) is 0.766. The SMILES string of the molecule is NC(=O)c1cc(C(F)F)ncc1O. The molecule has 0 fully saturated rings. The van der Waals surface area contributed by atoms with Gasteiger partial charge < -0.3 is 10.8 Å². The van der Waals surface area contributed by atoms with Crippen molar-refractivity contribution in [1.29, 1.82) is 0 Å². The molecule has 4 nitrogen and oxygen atoms in total. The van der Waals surface area contributed by atoms with E-state index in [1.165, 1.54) is 0 Å². The van der Waals surface area contributed by atoms with Crippen LogP contribution < -0.4 is 5.73 Å². The molecule has 0 radical (unpaired) electrons. The van der Waals surface area contributed by atoms with E-state index in [9.17, 15) is 13.6 Å². The predicted octanol–water partition coefficient (Wildman–Crippen LogP) is 0.824. The average molecular weight is 188 g/mol. The van der Waals surface area contributed by atoms with Crippen molar-refractivity contribution in [2.45, 2.75) is 6.43 Å². The lowest BCUT2D eigenvalue weighted by Gasteiger charge is -2.02. The maximum Gasteiger partial charge on any atom is 0.280 e. The van der Waals surface area contributed by atoms with Gasteiger partial charge >= 0.3 is 0 Å². The van der Waals surface area contributed by atoms with Gasteiger partial charge in [-0.05, 0) is 6.07 Å². The van der Waals surface area contributed by atoms with Crippen molar-refractivity contribution in [2.24, 2.45) is 5.73 Å². The Kier molecular flexibility index (Phi) is 2.41. The number of primary amides is 1. The van der Waals surface area contributed by atoms with Crippen LogP contribution in [0.3, 0.4) is 0 Å². The van der Waals surface area contributed by atoms with Crippen LogP contribution in [0.1, 0.15) is 22.5 Å². The molecule has 3 N–H and O–H groups in total. The number of pyridine rings is 1. The first-order valence-corrected chi connectivity index (χ1v) is 3.29. The summed E-state index contributed by atoms with van der Waals surface area (Å²) in [4.78, 5) is 13.8. The monoisotopic (exact) mass is 188 g/mol. The Bertz CT molecular complexity index is 341. The molecule has 1 heterocycles. The van der Waals surface area contributed by atoms with Gasteiger partial charge in [0.25, 0.3) is 12.3 Å². The minimum atomic E-state index is -2.79. The van der Waals surface area contributed by atoms with E-state index in [1.807, 2.05) is 0 Å². The van der Waals surface area contributed by atoms with Crippen molar-refractivity contribution in [3.8, 4) is 5.75 Å². The van der Waals surface area contributed by atoms with Gasteiger partial charge in [0.15, 0.2) is 0 Å². The largest absolute Gasteiger partial charge is 0.505 e. The van der Waals surface area contributed by atoms with E-state index in [0.717, 1.165) is 12.3 Å². The molecule has 0 aliphatic rings. The van der Waals surface area contributed by atoms with Gasteiger partial charge in [0.1, 0.15) is 11.4 Å². The second-order valence-corrected chi connectivity index (χ2v) is 2.29. The lowest BCUT2D eigenvalue weighted by Crippen LogP contribution is -2.12. The van der Waals surface area contributed by atoms with Crippen molar-refractivity contribution < 1.29 is 18.7 Å². The van der Waals surface area contributed by atoms with E-state index in [2.05, 4.69) is 4.98 Å². The Balaban J connectivity index is 3.19. The smallest absolute Gasteiger partial charge is 0.280 e. The van der Waals surface area contributed by atoms with E-state index in [-0.39, 0.29) is 5.56 Å². The summed E-state index contributed by atoms with van der Waals surface area (Å²) in [6.07, 6.45) is -2.03. The van der Waals surface area contributed by atoms with Gasteiger partial charge in [-0.3, -0.25) is 9.78 Å². The topological polar surface area (TPSA) is 76.2 Å². The van der Waals surface area contributed by atoms with Crippen molar-refractivity contribution in [1.82, 2.24) is 4.98 Å². The van der Waals surface area contributed by atoms with Gasteiger partial charge in [-0.1, -0.05) is 0 Å². The highest BCUT2D eigenvalue weighted by Gasteiger charge is 2.14. The molecule has 0 saturated carbocycles. The molecule has 0 bridgehead atoms. The highest BCUT2D eigenvalue weighted by Crippen LogP contribution is 2.21. The third-order valence-electron chi connectivity index (χ3n) is 1.39. The van der Waals surface area contributed by atoms with Crippen LogP contribution in [0.25, 0.3) is 0 Å². The molecule has 1 aromatic rings. The van der Waals surface area contributed by atoms with Crippen LogP contribution in [-0.2, 0) is 0 Å². The second-order valence-electron chi connectivity index (χ2n) is 2.29. The summed E-state index contributed by atoms with van der Waals surface area (Å²) >= 11 is 0. The van der Waals surface area contributed by atoms with E-state index >= 15 is 0 Å². The lowest BCUT2D eigenvalue weighted by atomic mass is 10.2. The summed E-state index contributed by atoms with van der Waals surface area (Å²) in [5, 5.41) is 8.98. The minimum Gasteiger partial charge on any atom is -0.505 e. The second kappa shape index (κ2) is 3.34. The van der Waals surface area contributed by atoms with Crippen molar-refractivity contribution in [2.75, 3.05) is 0 Å². The van der Waals surface area contributed by atoms with Crippen LogP contribution in [0.2, 0.25) is 0 Å². The Morgan fingerprint density at radius 2 is 2.23 bits per heavy atom. The fourth-order valence-corrected chi connectivity index (χ4v) is 0.781.